The molecule has 0 bridgehead atoms. The molecule has 122 valence electrons. The van der Waals surface area contributed by atoms with Crippen LogP contribution >= 0.6 is 0 Å². The summed E-state index contributed by atoms with van der Waals surface area (Å²) in [4.78, 5) is 12.4. The van der Waals surface area contributed by atoms with Gasteiger partial charge >= 0.3 is 0 Å². The van der Waals surface area contributed by atoms with Crippen molar-refractivity contribution in [2.75, 3.05) is 5.32 Å². The third kappa shape index (κ3) is 3.90. The van der Waals surface area contributed by atoms with Crippen molar-refractivity contribution < 1.29 is 9.18 Å². The second kappa shape index (κ2) is 7.13. The van der Waals surface area contributed by atoms with Crippen LogP contribution in [-0.4, -0.2) is 10.5 Å². The van der Waals surface area contributed by atoms with E-state index in [1.165, 1.54) is 12.1 Å². The first-order chi connectivity index (χ1) is 11.6. The number of nitrogens with zero attached hydrogens (tertiary/aromatic N) is 1. The maximum atomic E-state index is 13.0. The Morgan fingerprint density at radius 3 is 2.46 bits per heavy atom. The molecule has 0 spiro atoms. The lowest BCUT2D eigenvalue weighted by Gasteiger charge is -2.20. The Kier molecular flexibility index (Phi) is 4.75. The normalized spacial score (nSPS) is 11.9. The van der Waals surface area contributed by atoms with Crippen LogP contribution in [-0.2, 0) is 4.79 Å². The molecule has 0 saturated heterocycles. The molecule has 1 amide bonds. The first-order valence-electron chi connectivity index (χ1n) is 7.86. The molecule has 1 N–H and O–H groups in total. The average molecular weight is 322 g/mol. The largest absolute Gasteiger partial charge is 0.346 e. The Hall–Kier alpha value is -2.88. The van der Waals surface area contributed by atoms with E-state index in [4.69, 9.17) is 0 Å². The average Bonchev–Trinajstić information content (AvgIpc) is 3.09. The van der Waals surface area contributed by atoms with Crippen molar-refractivity contribution in [2.24, 2.45) is 0 Å². The maximum Gasteiger partial charge on any atom is 0.226 e. The van der Waals surface area contributed by atoms with Crippen LogP contribution in [0.4, 0.5) is 10.1 Å². The molecule has 2 aromatic carbocycles. The molecule has 1 aromatic heterocycles. The van der Waals surface area contributed by atoms with Gasteiger partial charge < -0.3 is 9.88 Å². The lowest BCUT2D eigenvalue weighted by atomic mass is 10.0. The molecule has 0 aliphatic heterocycles. The Bertz CT molecular complexity index is 810. The molecular weight excluding hydrogens is 303 g/mol. The zero-order valence-corrected chi connectivity index (χ0v) is 13.4. The van der Waals surface area contributed by atoms with E-state index in [9.17, 15) is 9.18 Å². The molecule has 0 radical (unpaired) electrons. The van der Waals surface area contributed by atoms with Crippen molar-refractivity contribution in [1.29, 1.82) is 0 Å². The number of aromatic nitrogens is 1. The molecule has 3 nitrogen and oxygen atoms in total. The fourth-order valence-electron chi connectivity index (χ4n) is 2.75. The van der Waals surface area contributed by atoms with Gasteiger partial charge in [-0.3, -0.25) is 4.79 Å². The molecule has 0 fully saturated rings. The van der Waals surface area contributed by atoms with Crippen LogP contribution in [0.2, 0.25) is 0 Å². The van der Waals surface area contributed by atoms with E-state index < -0.39 is 0 Å². The number of amides is 1. The molecule has 1 unspecified atom stereocenters. The number of benzene rings is 2. The predicted molar refractivity (Wildman–Crippen MR) is 93.4 cm³/mol. The van der Waals surface area contributed by atoms with Gasteiger partial charge in [0.2, 0.25) is 5.91 Å². The predicted octanol–water partition coefficient (Wildman–Crippen LogP) is 4.55. The zero-order valence-electron chi connectivity index (χ0n) is 13.4. The van der Waals surface area contributed by atoms with E-state index in [0.717, 1.165) is 11.1 Å². The van der Waals surface area contributed by atoms with Gasteiger partial charge in [-0.15, -0.1) is 0 Å². The Morgan fingerprint density at radius 2 is 1.79 bits per heavy atom. The molecule has 1 atom stereocenters. The summed E-state index contributed by atoms with van der Waals surface area (Å²) in [6.45, 7) is 2.04. The van der Waals surface area contributed by atoms with Crippen LogP contribution in [0.3, 0.4) is 0 Å². The van der Waals surface area contributed by atoms with Crippen LogP contribution in [0.25, 0.3) is 0 Å². The number of anilines is 1. The summed E-state index contributed by atoms with van der Waals surface area (Å²) >= 11 is 0. The van der Waals surface area contributed by atoms with Gasteiger partial charge in [0, 0.05) is 18.1 Å². The number of hydrogen-bond donors (Lipinski definition) is 1. The highest BCUT2D eigenvalue weighted by atomic mass is 19.1. The molecule has 0 aliphatic carbocycles. The van der Waals surface area contributed by atoms with Gasteiger partial charge in [0.1, 0.15) is 5.82 Å². The number of aryl methyl sites for hydroxylation is 1. The third-order valence-electron chi connectivity index (χ3n) is 3.92. The summed E-state index contributed by atoms with van der Waals surface area (Å²) in [5.74, 6) is -0.431. The first kappa shape index (κ1) is 16.0. The topological polar surface area (TPSA) is 34.0 Å². The molecule has 4 heteroatoms. The molecule has 3 rings (SSSR count). The minimum atomic E-state index is -0.321. The molecule has 0 aliphatic rings. The van der Waals surface area contributed by atoms with Gasteiger partial charge in [-0.25, -0.2) is 4.39 Å². The summed E-state index contributed by atoms with van der Waals surface area (Å²) in [6.07, 6.45) is 4.21. The Labute approximate surface area is 140 Å². The smallest absolute Gasteiger partial charge is 0.226 e. The molecule has 3 aromatic rings. The standard InChI is InChI=1S/C20H19FN2O/c1-15-5-4-6-16(13-15)19(23-11-2-3-12-23)14-20(24)22-18-9-7-17(21)8-10-18/h2-13,19H,14H2,1H3,(H,22,24). The number of halogens is 1. The van der Waals surface area contributed by atoms with Gasteiger partial charge in [-0.2, -0.15) is 0 Å². The van der Waals surface area contributed by atoms with E-state index in [-0.39, 0.29) is 17.8 Å². The quantitative estimate of drug-likeness (QED) is 0.734. The van der Waals surface area contributed by atoms with Crippen LogP contribution < -0.4 is 5.32 Å². The van der Waals surface area contributed by atoms with Crippen LogP contribution in [0, 0.1) is 12.7 Å². The van der Waals surface area contributed by atoms with Gasteiger partial charge in [-0.05, 0) is 48.9 Å². The minimum Gasteiger partial charge on any atom is -0.346 e. The van der Waals surface area contributed by atoms with Crippen molar-refractivity contribution >= 4 is 11.6 Å². The maximum absolute atomic E-state index is 13.0. The molecule has 1 heterocycles. The fourth-order valence-corrected chi connectivity index (χ4v) is 2.75. The number of rotatable bonds is 5. The molecule has 0 saturated carbocycles. The SMILES string of the molecule is Cc1cccc(C(CC(=O)Nc2ccc(F)cc2)n2cccc2)c1. The minimum absolute atomic E-state index is 0.0830. The van der Waals surface area contributed by atoms with E-state index in [0.29, 0.717) is 12.1 Å². The number of hydrogen-bond acceptors (Lipinski definition) is 1. The van der Waals surface area contributed by atoms with Crippen LogP contribution in [0.5, 0.6) is 0 Å². The van der Waals surface area contributed by atoms with Crippen molar-refractivity contribution in [3.05, 3.63) is 90.0 Å². The second-order valence-corrected chi connectivity index (χ2v) is 5.82. The monoisotopic (exact) mass is 322 g/mol. The van der Waals surface area contributed by atoms with Gasteiger partial charge in [0.05, 0.1) is 12.5 Å². The molecule has 24 heavy (non-hydrogen) atoms. The van der Waals surface area contributed by atoms with Crippen molar-refractivity contribution in [3.63, 3.8) is 0 Å². The van der Waals surface area contributed by atoms with Crippen LogP contribution in [0.1, 0.15) is 23.6 Å². The number of carbonyl (C=O) groups excluding carboxylic acids is 1. The highest BCUT2D eigenvalue weighted by molar-refractivity contribution is 5.91. The number of nitrogens with one attached hydrogen (secondary N) is 1. The highest BCUT2D eigenvalue weighted by Crippen LogP contribution is 2.24. The summed E-state index contributed by atoms with van der Waals surface area (Å²) in [5, 5.41) is 2.83. The first-order valence-corrected chi connectivity index (χ1v) is 7.86. The second-order valence-electron chi connectivity index (χ2n) is 5.82. The van der Waals surface area contributed by atoms with E-state index in [2.05, 4.69) is 11.4 Å². The summed E-state index contributed by atoms with van der Waals surface area (Å²) in [7, 11) is 0. The van der Waals surface area contributed by atoms with E-state index in [1.807, 2.05) is 54.2 Å². The van der Waals surface area contributed by atoms with Crippen molar-refractivity contribution in [3.8, 4) is 0 Å². The lowest BCUT2D eigenvalue weighted by molar-refractivity contribution is -0.116. The Balaban J connectivity index is 1.79. The Morgan fingerprint density at radius 1 is 1.08 bits per heavy atom. The summed E-state index contributed by atoms with van der Waals surface area (Å²) in [5.41, 5.74) is 2.83. The summed E-state index contributed by atoms with van der Waals surface area (Å²) < 4.78 is 15.0. The van der Waals surface area contributed by atoms with Gasteiger partial charge in [-0.1, -0.05) is 29.8 Å². The van der Waals surface area contributed by atoms with Crippen LogP contribution in [0.15, 0.2) is 73.1 Å². The van der Waals surface area contributed by atoms with Crippen molar-refractivity contribution in [2.45, 2.75) is 19.4 Å². The van der Waals surface area contributed by atoms with E-state index >= 15 is 0 Å². The van der Waals surface area contributed by atoms with Crippen molar-refractivity contribution in [1.82, 2.24) is 4.57 Å². The molecular formula is C20H19FN2O. The summed E-state index contributed by atoms with van der Waals surface area (Å²) in [6, 6.07) is 17.8. The zero-order chi connectivity index (χ0) is 16.9. The van der Waals surface area contributed by atoms with Gasteiger partial charge in [0.15, 0.2) is 0 Å². The highest BCUT2D eigenvalue weighted by Gasteiger charge is 2.17. The lowest BCUT2D eigenvalue weighted by Crippen LogP contribution is -2.19. The van der Waals surface area contributed by atoms with E-state index in [1.54, 1.807) is 12.1 Å². The third-order valence-corrected chi connectivity index (χ3v) is 3.92. The number of carbonyl (C=O) groups is 1. The fraction of sp³-hybridized carbons (Fsp3) is 0.150. The van der Waals surface area contributed by atoms with Gasteiger partial charge in [0.25, 0.3) is 0 Å².